The Kier molecular flexibility index (Phi) is 6.94. The lowest BCUT2D eigenvalue weighted by Gasteiger charge is -2.22. The molecule has 2 heterocycles. The minimum Gasteiger partial charge on any atom is -0.493 e. The van der Waals surface area contributed by atoms with Crippen LogP contribution in [0.2, 0.25) is 0 Å². The zero-order valence-corrected chi connectivity index (χ0v) is 20.7. The molecule has 1 atom stereocenters. The first kappa shape index (κ1) is 23.9. The van der Waals surface area contributed by atoms with E-state index in [1.807, 2.05) is 47.4 Å². The van der Waals surface area contributed by atoms with E-state index in [9.17, 15) is 9.18 Å². The van der Waals surface area contributed by atoms with E-state index < -0.39 is 0 Å². The molecule has 36 heavy (non-hydrogen) atoms. The quantitative estimate of drug-likeness (QED) is 0.307. The largest absolute Gasteiger partial charge is 0.493 e. The highest BCUT2D eigenvalue weighted by Gasteiger charge is 2.27. The number of ether oxygens (including phenoxy) is 2. The topological polar surface area (TPSA) is 43.7 Å². The molecule has 1 saturated heterocycles. The number of para-hydroxylation sites is 1. The number of aromatic nitrogens is 1. The highest BCUT2D eigenvalue weighted by atomic mass is 19.1. The zero-order chi connectivity index (χ0) is 25.1. The monoisotopic (exact) mass is 486 g/mol. The third-order valence-corrected chi connectivity index (χ3v) is 7.11. The lowest BCUT2D eigenvalue weighted by atomic mass is 9.87. The highest BCUT2D eigenvalue weighted by Crippen LogP contribution is 2.39. The molecule has 1 aliphatic rings. The van der Waals surface area contributed by atoms with E-state index in [1.165, 1.54) is 12.1 Å². The highest BCUT2D eigenvalue weighted by molar-refractivity contribution is 5.87. The van der Waals surface area contributed by atoms with Crippen molar-refractivity contribution in [2.45, 2.75) is 31.7 Å². The summed E-state index contributed by atoms with van der Waals surface area (Å²) in [5.74, 6) is 1.07. The first-order valence-electron chi connectivity index (χ1n) is 12.4. The average Bonchev–Trinajstić information content (AvgIpc) is 3.57. The van der Waals surface area contributed by atoms with Crippen molar-refractivity contribution in [2.24, 2.45) is 0 Å². The van der Waals surface area contributed by atoms with Gasteiger partial charge in [0.15, 0.2) is 11.5 Å². The average molecular weight is 487 g/mol. The van der Waals surface area contributed by atoms with Crippen LogP contribution in [-0.2, 0) is 11.3 Å². The minimum absolute atomic E-state index is 0.155. The van der Waals surface area contributed by atoms with Crippen LogP contribution >= 0.6 is 0 Å². The lowest BCUT2D eigenvalue weighted by molar-refractivity contribution is -0.130. The zero-order valence-electron chi connectivity index (χ0n) is 20.7. The Morgan fingerprint density at radius 1 is 0.944 bits per heavy atom. The smallest absolute Gasteiger partial charge is 0.223 e. The van der Waals surface area contributed by atoms with Gasteiger partial charge in [0.1, 0.15) is 5.82 Å². The molecule has 1 amide bonds. The van der Waals surface area contributed by atoms with Gasteiger partial charge in [-0.05, 0) is 59.9 Å². The van der Waals surface area contributed by atoms with Crippen LogP contribution in [-0.4, -0.2) is 42.7 Å². The molecule has 1 aliphatic heterocycles. The fourth-order valence-corrected chi connectivity index (χ4v) is 5.22. The summed E-state index contributed by atoms with van der Waals surface area (Å²) in [4.78, 5) is 15.4. The second-order valence-electron chi connectivity index (χ2n) is 9.31. The van der Waals surface area contributed by atoms with Gasteiger partial charge >= 0.3 is 0 Å². The predicted molar refractivity (Wildman–Crippen MR) is 139 cm³/mol. The molecule has 186 valence electrons. The number of nitrogens with zero attached hydrogens (tertiary/aromatic N) is 2. The number of fused-ring (bicyclic) bond motifs is 1. The van der Waals surface area contributed by atoms with E-state index >= 15 is 0 Å². The fraction of sp³-hybridized carbons (Fsp3) is 0.300. The summed E-state index contributed by atoms with van der Waals surface area (Å²) < 4.78 is 26.7. The Balaban J connectivity index is 1.59. The van der Waals surface area contributed by atoms with Crippen LogP contribution in [0.4, 0.5) is 4.39 Å². The summed E-state index contributed by atoms with van der Waals surface area (Å²) >= 11 is 0. The van der Waals surface area contributed by atoms with Crippen molar-refractivity contribution in [3.63, 3.8) is 0 Å². The number of amides is 1. The molecule has 4 aromatic rings. The van der Waals surface area contributed by atoms with Crippen LogP contribution in [0.5, 0.6) is 11.5 Å². The molecule has 1 aromatic heterocycles. The molecule has 5 rings (SSSR count). The molecule has 5 nitrogen and oxygen atoms in total. The van der Waals surface area contributed by atoms with Crippen molar-refractivity contribution in [3.05, 3.63) is 95.4 Å². The molecule has 0 N–H and O–H groups in total. The maximum atomic E-state index is 13.5. The Morgan fingerprint density at radius 2 is 1.67 bits per heavy atom. The number of hydrogen-bond acceptors (Lipinski definition) is 3. The minimum atomic E-state index is -0.245. The summed E-state index contributed by atoms with van der Waals surface area (Å²) in [7, 11) is 3.25. The number of hydrogen-bond donors (Lipinski definition) is 0. The summed E-state index contributed by atoms with van der Waals surface area (Å²) in [6.45, 7) is 2.26. The number of halogens is 1. The lowest BCUT2D eigenvalue weighted by Crippen LogP contribution is -2.29. The third kappa shape index (κ3) is 4.81. The maximum Gasteiger partial charge on any atom is 0.223 e. The Bertz CT molecular complexity index is 1360. The summed E-state index contributed by atoms with van der Waals surface area (Å²) in [5.41, 5.74) is 4.19. The van der Waals surface area contributed by atoms with Crippen molar-refractivity contribution in [1.82, 2.24) is 9.47 Å². The molecule has 0 aliphatic carbocycles. The van der Waals surface area contributed by atoms with Crippen LogP contribution in [0, 0.1) is 5.82 Å². The molecular formula is C30H31FN2O3. The molecule has 6 heteroatoms. The van der Waals surface area contributed by atoms with Crippen molar-refractivity contribution in [1.29, 1.82) is 0 Å². The predicted octanol–water partition coefficient (Wildman–Crippen LogP) is 5.99. The van der Waals surface area contributed by atoms with Gasteiger partial charge in [0.05, 0.1) is 14.2 Å². The standard InChI is InChI=1S/C30H31FN2O3/c1-35-28-14-11-22(17-29(28)36-2)25(18-30(34)32-15-5-6-16-32)26-20-33(27-8-4-3-7-24(26)27)19-21-9-12-23(31)13-10-21/h3-4,7-14,17,20,25H,5-6,15-16,18-19H2,1-2H3. The molecule has 1 fully saturated rings. The normalized spacial score (nSPS) is 14.2. The Labute approximate surface area is 211 Å². The summed E-state index contributed by atoms with van der Waals surface area (Å²) in [5, 5.41) is 1.11. The molecule has 0 spiro atoms. The molecule has 0 bridgehead atoms. The molecule has 0 saturated carbocycles. The number of rotatable bonds is 8. The number of likely N-dealkylation sites (tertiary alicyclic amines) is 1. The van der Waals surface area contributed by atoms with Crippen LogP contribution in [0.25, 0.3) is 10.9 Å². The van der Waals surface area contributed by atoms with E-state index in [1.54, 1.807) is 14.2 Å². The van der Waals surface area contributed by atoms with Crippen LogP contribution in [0.15, 0.2) is 72.9 Å². The van der Waals surface area contributed by atoms with Gasteiger partial charge in [-0.1, -0.05) is 36.4 Å². The maximum absolute atomic E-state index is 13.5. The van der Waals surface area contributed by atoms with Gasteiger partial charge in [-0.2, -0.15) is 0 Å². The number of carbonyl (C=O) groups is 1. The van der Waals surface area contributed by atoms with E-state index in [2.05, 4.69) is 22.9 Å². The molecular weight excluding hydrogens is 455 g/mol. The van der Waals surface area contributed by atoms with Gasteiger partial charge in [0.25, 0.3) is 0 Å². The van der Waals surface area contributed by atoms with E-state index in [0.717, 1.165) is 53.5 Å². The molecule has 0 radical (unpaired) electrons. The third-order valence-electron chi connectivity index (χ3n) is 7.11. The first-order chi connectivity index (χ1) is 17.6. The van der Waals surface area contributed by atoms with Crippen molar-refractivity contribution >= 4 is 16.8 Å². The Hall–Kier alpha value is -3.80. The fourth-order valence-electron chi connectivity index (χ4n) is 5.22. The van der Waals surface area contributed by atoms with Crippen LogP contribution in [0.3, 0.4) is 0 Å². The van der Waals surface area contributed by atoms with Gasteiger partial charge in [-0.15, -0.1) is 0 Å². The molecule has 3 aromatic carbocycles. The van der Waals surface area contributed by atoms with Crippen LogP contribution in [0.1, 0.15) is 41.9 Å². The first-order valence-corrected chi connectivity index (χ1v) is 12.4. The van der Waals surface area contributed by atoms with Crippen LogP contribution < -0.4 is 9.47 Å². The van der Waals surface area contributed by atoms with Gasteiger partial charge < -0.3 is 18.9 Å². The van der Waals surface area contributed by atoms with Crippen molar-refractivity contribution in [3.8, 4) is 11.5 Å². The van der Waals surface area contributed by atoms with Crippen molar-refractivity contribution in [2.75, 3.05) is 27.3 Å². The second-order valence-corrected chi connectivity index (χ2v) is 9.31. The van der Waals surface area contributed by atoms with Gasteiger partial charge in [0, 0.05) is 49.1 Å². The van der Waals surface area contributed by atoms with Gasteiger partial charge in [0.2, 0.25) is 5.91 Å². The number of carbonyl (C=O) groups excluding carboxylic acids is 1. The van der Waals surface area contributed by atoms with E-state index in [4.69, 9.17) is 9.47 Å². The second kappa shape index (κ2) is 10.4. The van der Waals surface area contributed by atoms with Gasteiger partial charge in [-0.3, -0.25) is 4.79 Å². The van der Waals surface area contributed by atoms with Gasteiger partial charge in [-0.25, -0.2) is 4.39 Å². The number of methoxy groups -OCH3 is 2. The number of benzene rings is 3. The summed E-state index contributed by atoms with van der Waals surface area (Å²) in [6, 6.07) is 20.8. The van der Waals surface area contributed by atoms with E-state index in [-0.39, 0.29) is 17.6 Å². The van der Waals surface area contributed by atoms with Crippen molar-refractivity contribution < 1.29 is 18.7 Å². The summed E-state index contributed by atoms with van der Waals surface area (Å²) in [6.07, 6.45) is 4.64. The Morgan fingerprint density at radius 3 is 2.39 bits per heavy atom. The van der Waals surface area contributed by atoms with E-state index in [0.29, 0.717) is 24.5 Å². The SMILES string of the molecule is COc1ccc(C(CC(=O)N2CCCC2)c2cn(Cc3ccc(F)cc3)c3ccccc23)cc1OC. The molecule has 1 unspecified atom stereocenters.